The number of Topliss-reactive ketones (excluding diaryl/α,β-unsaturated/α-hetero) is 1. The number of thiophene rings is 1. The van der Waals surface area contributed by atoms with Gasteiger partial charge in [0.25, 0.3) is 0 Å². The molecule has 3 rings (SSSR count). The molecule has 0 bridgehead atoms. The first-order valence-corrected chi connectivity index (χ1v) is 10.2. The van der Waals surface area contributed by atoms with E-state index in [2.05, 4.69) is 4.72 Å². The topological polar surface area (TPSA) is 63.2 Å². The molecule has 0 aliphatic carbocycles. The second kappa shape index (κ2) is 7.49. The van der Waals surface area contributed by atoms with Crippen molar-refractivity contribution in [3.05, 3.63) is 87.9 Å². The molecule has 0 radical (unpaired) electrons. The second-order valence-corrected chi connectivity index (χ2v) is 8.40. The Morgan fingerprint density at radius 3 is 2.23 bits per heavy atom. The third-order valence-corrected chi connectivity index (χ3v) is 6.25. The van der Waals surface area contributed by atoms with E-state index in [9.17, 15) is 17.6 Å². The summed E-state index contributed by atoms with van der Waals surface area (Å²) in [6, 6.07) is 14.5. The molecule has 0 saturated heterocycles. The van der Waals surface area contributed by atoms with E-state index in [1.807, 2.05) is 17.5 Å². The highest BCUT2D eigenvalue weighted by molar-refractivity contribution is 7.89. The molecule has 4 nitrogen and oxygen atoms in total. The van der Waals surface area contributed by atoms with Crippen LogP contribution in [0.3, 0.4) is 0 Å². The molecule has 0 aliphatic heterocycles. The molecule has 0 spiro atoms. The van der Waals surface area contributed by atoms with Gasteiger partial charge in [-0.15, -0.1) is 11.3 Å². The third kappa shape index (κ3) is 4.07. The van der Waals surface area contributed by atoms with Crippen LogP contribution in [0.15, 0.2) is 70.9 Å². The van der Waals surface area contributed by atoms with E-state index < -0.39 is 16.1 Å². The zero-order chi connectivity index (χ0) is 18.7. The molecule has 0 saturated carbocycles. The van der Waals surface area contributed by atoms with Gasteiger partial charge >= 0.3 is 0 Å². The van der Waals surface area contributed by atoms with Gasteiger partial charge < -0.3 is 0 Å². The summed E-state index contributed by atoms with van der Waals surface area (Å²) in [4.78, 5) is 12.2. The molecule has 7 heteroatoms. The number of halogens is 1. The number of hydrogen-bond acceptors (Lipinski definition) is 4. The van der Waals surface area contributed by atoms with E-state index in [1.165, 1.54) is 54.7 Å². The average molecular weight is 389 g/mol. The zero-order valence-corrected chi connectivity index (χ0v) is 15.5. The Morgan fingerprint density at radius 1 is 1.04 bits per heavy atom. The number of rotatable bonds is 6. The Balaban J connectivity index is 1.95. The molecule has 0 aliphatic rings. The smallest absolute Gasteiger partial charge is 0.241 e. The molecule has 1 heterocycles. The van der Waals surface area contributed by atoms with Crippen LogP contribution in [0.4, 0.5) is 4.39 Å². The highest BCUT2D eigenvalue weighted by Crippen LogP contribution is 2.28. The number of nitrogens with one attached hydrogen (secondary N) is 1. The lowest BCUT2D eigenvalue weighted by atomic mass is 10.1. The number of sulfonamides is 1. The van der Waals surface area contributed by atoms with Crippen LogP contribution in [0, 0.1) is 5.82 Å². The molecule has 134 valence electrons. The van der Waals surface area contributed by atoms with Crippen molar-refractivity contribution in [2.75, 3.05) is 0 Å². The Hall–Kier alpha value is -2.35. The van der Waals surface area contributed by atoms with Gasteiger partial charge in [-0.2, -0.15) is 4.72 Å². The molecular weight excluding hydrogens is 373 g/mol. The fourth-order valence-corrected chi connectivity index (χ4v) is 4.57. The summed E-state index contributed by atoms with van der Waals surface area (Å²) in [6.07, 6.45) is 0. The molecule has 2 aromatic carbocycles. The van der Waals surface area contributed by atoms with Crippen molar-refractivity contribution in [2.24, 2.45) is 0 Å². The maximum absolute atomic E-state index is 13.2. The van der Waals surface area contributed by atoms with Gasteiger partial charge in [0.1, 0.15) is 5.82 Å². The monoisotopic (exact) mass is 389 g/mol. The number of carbonyl (C=O) groups is 1. The van der Waals surface area contributed by atoms with Crippen molar-refractivity contribution in [1.29, 1.82) is 0 Å². The highest BCUT2D eigenvalue weighted by atomic mass is 32.2. The van der Waals surface area contributed by atoms with Crippen molar-refractivity contribution in [2.45, 2.75) is 17.9 Å². The van der Waals surface area contributed by atoms with Crippen LogP contribution in [0.1, 0.15) is 33.8 Å². The first-order valence-electron chi connectivity index (χ1n) is 7.79. The predicted molar refractivity (Wildman–Crippen MR) is 99.3 cm³/mol. The minimum atomic E-state index is -3.83. The van der Waals surface area contributed by atoms with Crippen LogP contribution >= 0.6 is 11.3 Å². The molecule has 26 heavy (non-hydrogen) atoms. The van der Waals surface area contributed by atoms with Crippen molar-refractivity contribution in [3.63, 3.8) is 0 Å². The maximum atomic E-state index is 13.2. The Morgan fingerprint density at radius 2 is 1.69 bits per heavy atom. The third-order valence-electron chi connectivity index (χ3n) is 3.88. The molecule has 1 unspecified atom stereocenters. The van der Waals surface area contributed by atoms with Gasteiger partial charge in [0, 0.05) is 10.4 Å². The minimum Gasteiger partial charge on any atom is -0.295 e. The Kier molecular flexibility index (Phi) is 5.31. The van der Waals surface area contributed by atoms with Gasteiger partial charge in [-0.05, 0) is 48.2 Å². The van der Waals surface area contributed by atoms with Gasteiger partial charge in [0.05, 0.1) is 10.9 Å². The summed E-state index contributed by atoms with van der Waals surface area (Å²) in [5, 5.41) is 1.85. The molecule has 3 aromatic rings. The van der Waals surface area contributed by atoms with Crippen molar-refractivity contribution < 1.29 is 17.6 Å². The van der Waals surface area contributed by atoms with Crippen molar-refractivity contribution >= 4 is 27.1 Å². The van der Waals surface area contributed by atoms with Crippen LogP contribution in [0.25, 0.3) is 0 Å². The van der Waals surface area contributed by atoms with E-state index in [-0.39, 0.29) is 16.5 Å². The van der Waals surface area contributed by atoms with Crippen LogP contribution in [0.2, 0.25) is 0 Å². The molecule has 0 fully saturated rings. The SMILES string of the molecule is CC(=O)c1ccc(S(=O)(=O)NC(c2ccc(F)cc2)c2cccs2)cc1. The van der Waals surface area contributed by atoms with Gasteiger partial charge in [-0.25, -0.2) is 12.8 Å². The van der Waals surface area contributed by atoms with Crippen molar-refractivity contribution in [1.82, 2.24) is 4.72 Å². The summed E-state index contributed by atoms with van der Waals surface area (Å²) in [7, 11) is -3.83. The minimum absolute atomic E-state index is 0.0613. The first kappa shape index (κ1) is 18.4. The van der Waals surface area contributed by atoms with E-state index in [0.29, 0.717) is 11.1 Å². The molecule has 1 aromatic heterocycles. The van der Waals surface area contributed by atoms with E-state index in [0.717, 1.165) is 4.88 Å². The normalized spacial score (nSPS) is 12.7. The van der Waals surface area contributed by atoms with Gasteiger partial charge in [-0.3, -0.25) is 4.79 Å². The summed E-state index contributed by atoms with van der Waals surface area (Å²) >= 11 is 1.41. The molecule has 1 N–H and O–H groups in total. The Labute approximate surface area is 155 Å². The molecule has 1 atom stereocenters. The van der Waals surface area contributed by atoms with Gasteiger partial charge in [0.2, 0.25) is 10.0 Å². The molecule has 0 amide bonds. The number of hydrogen-bond donors (Lipinski definition) is 1. The van der Waals surface area contributed by atoms with E-state index in [4.69, 9.17) is 0 Å². The lowest BCUT2D eigenvalue weighted by molar-refractivity contribution is 0.101. The number of benzene rings is 2. The lowest BCUT2D eigenvalue weighted by Crippen LogP contribution is -2.29. The highest BCUT2D eigenvalue weighted by Gasteiger charge is 2.24. The van der Waals surface area contributed by atoms with Crippen LogP contribution < -0.4 is 4.72 Å². The number of carbonyl (C=O) groups excluding carboxylic acids is 1. The van der Waals surface area contributed by atoms with E-state index >= 15 is 0 Å². The first-order chi connectivity index (χ1) is 12.4. The largest absolute Gasteiger partial charge is 0.295 e. The summed E-state index contributed by atoms with van der Waals surface area (Å²) in [6.45, 7) is 1.42. The summed E-state index contributed by atoms with van der Waals surface area (Å²) in [5.74, 6) is -0.522. The zero-order valence-electron chi connectivity index (χ0n) is 13.8. The molecular formula is C19H16FNO3S2. The Bertz CT molecular complexity index is 996. The maximum Gasteiger partial charge on any atom is 0.241 e. The number of ketones is 1. The van der Waals surface area contributed by atoms with Gasteiger partial charge in [-0.1, -0.05) is 30.3 Å². The van der Waals surface area contributed by atoms with E-state index in [1.54, 1.807) is 12.1 Å². The van der Waals surface area contributed by atoms with Crippen LogP contribution in [0.5, 0.6) is 0 Å². The second-order valence-electron chi connectivity index (χ2n) is 5.70. The standard InChI is InChI=1S/C19H16FNO3S2/c1-13(22)14-6-10-17(11-7-14)26(23,24)21-19(18-3-2-12-25-18)15-4-8-16(20)9-5-15/h2-12,19,21H,1H3. The fourth-order valence-electron chi connectivity index (χ4n) is 2.49. The van der Waals surface area contributed by atoms with Crippen LogP contribution in [-0.4, -0.2) is 14.2 Å². The van der Waals surface area contributed by atoms with Gasteiger partial charge in [0.15, 0.2) is 5.78 Å². The quantitative estimate of drug-likeness (QED) is 0.644. The summed E-state index contributed by atoms with van der Waals surface area (Å²) < 4.78 is 41.5. The predicted octanol–water partition coefficient (Wildman–Crippen LogP) is 4.16. The van der Waals surface area contributed by atoms with Crippen molar-refractivity contribution in [3.8, 4) is 0 Å². The average Bonchev–Trinajstić information content (AvgIpc) is 3.15. The van der Waals surface area contributed by atoms with Crippen LogP contribution in [-0.2, 0) is 10.0 Å². The summed E-state index contributed by atoms with van der Waals surface area (Å²) in [5.41, 5.74) is 1.08. The fraction of sp³-hybridized carbons (Fsp3) is 0.105. The lowest BCUT2D eigenvalue weighted by Gasteiger charge is -2.18.